The van der Waals surface area contributed by atoms with Gasteiger partial charge in [-0.05, 0) is 24.6 Å². The summed E-state index contributed by atoms with van der Waals surface area (Å²) in [6, 6.07) is 8.20. The fraction of sp³-hybridized carbons (Fsp3) is 0.312. The number of nitrogens with zero attached hydrogens (tertiary/aromatic N) is 1. The van der Waals surface area contributed by atoms with Gasteiger partial charge in [-0.3, -0.25) is 4.99 Å². The molecular weight excluding hydrogens is 206 g/mol. The van der Waals surface area contributed by atoms with Gasteiger partial charge < -0.3 is 0 Å². The molecule has 0 N–H and O–H groups in total. The van der Waals surface area contributed by atoms with Gasteiger partial charge in [0.1, 0.15) is 0 Å². The quantitative estimate of drug-likeness (QED) is 0.640. The third kappa shape index (κ3) is 4.81. The molecule has 1 aromatic carbocycles. The Morgan fingerprint density at radius 1 is 1.12 bits per heavy atom. The second-order valence-electron chi connectivity index (χ2n) is 4.09. The lowest BCUT2D eigenvalue weighted by Gasteiger charge is -2.03. The summed E-state index contributed by atoms with van der Waals surface area (Å²) in [6.45, 7) is 6.34. The van der Waals surface area contributed by atoms with Crippen LogP contribution >= 0.6 is 0 Å². The van der Waals surface area contributed by atoms with Gasteiger partial charge in [0.2, 0.25) is 0 Å². The zero-order valence-electron chi connectivity index (χ0n) is 11.0. The van der Waals surface area contributed by atoms with E-state index in [9.17, 15) is 0 Å². The monoisotopic (exact) mass is 227 g/mol. The molecule has 0 aromatic heterocycles. The largest absolute Gasteiger partial charge is 0.253 e. The highest BCUT2D eigenvalue weighted by Gasteiger charge is 1.98. The van der Waals surface area contributed by atoms with E-state index in [2.05, 4.69) is 56.1 Å². The minimum atomic E-state index is 0.935. The van der Waals surface area contributed by atoms with Crippen molar-refractivity contribution >= 4 is 11.4 Å². The van der Waals surface area contributed by atoms with Gasteiger partial charge in [0.15, 0.2) is 0 Å². The Morgan fingerprint density at radius 3 is 2.41 bits per heavy atom. The maximum Gasteiger partial charge on any atom is 0.0662 e. The van der Waals surface area contributed by atoms with Crippen LogP contribution in [0.1, 0.15) is 32.3 Å². The van der Waals surface area contributed by atoms with Crippen LogP contribution < -0.4 is 0 Å². The van der Waals surface area contributed by atoms with Crippen LogP contribution in [0.15, 0.2) is 53.6 Å². The van der Waals surface area contributed by atoms with E-state index in [-0.39, 0.29) is 0 Å². The van der Waals surface area contributed by atoms with Crippen molar-refractivity contribution in [1.82, 2.24) is 0 Å². The highest BCUT2D eigenvalue weighted by molar-refractivity contribution is 5.98. The Kier molecular flexibility index (Phi) is 6.02. The molecular formula is C16H21N. The maximum atomic E-state index is 4.60. The first-order valence-electron chi connectivity index (χ1n) is 6.24. The number of para-hydroxylation sites is 1. The molecule has 1 heteroatoms. The minimum absolute atomic E-state index is 0.935. The van der Waals surface area contributed by atoms with E-state index in [4.69, 9.17) is 0 Å². The SMILES string of the molecule is CCC.Cc1ccccc1N=C1C=CC=CC1. The molecule has 17 heavy (non-hydrogen) atoms. The molecule has 2 rings (SSSR count). The van der Waals surface area contributed by atoms with Crippen LogP contribution in [0, 0.1) is 6.92 Å². The molecule has 1 aliphatic rings. The summed E-state index contributed by atoms with van der Waals surface area (Å²) in [4.78, 5) is 4.60. The number of aryl methyl sites for hydroxylation is 1. The summed E-state index contributed by atoms with van der Waals surface area (Å²) >= 11 is 0. The van der Waals surface area contributed by atoms with Crippen molar-refractivity contribution in [3.8, 4) is 0 Å². The second-order valence-corrected chi connectivity index (χ2v) is 4.09. The number of hydrogen-bond acceptors (Lipinski definition) is 1. The number of aliphatic imine (C=N–C) groups is 1. The minimum Gasteiger partial charge on any atom is -0.253 e. The van der Waals surface area contributed by atoms with E-state index in [1.807, 2.05) is 18.2 Å². The Labute approximate surface area is 105 Å². The number of allylic oxidation sites excluding steroid dienone is 4. The summed E-state index contributed by atoms with van der Waals surface area (Å²) in [5, 5.41) is 0. The third-order valence-electron chi connectivity index (χ3n) is 2.24. The fourth-order valence-corrected chi connectivity index (χ4v) is 1.43. The van der Waals surface area contributed by atoms with Gasteiger partial charge in [-0.1, -0.05) is 56.7 Å². The number of benzene rings is 1. The summed E-state index contributed by atoms with van der Waals surface area (Å²) in [5.74, 6) is 0. The Morgan fingerprint density at radius 2 is 1.82 bits per heavy atom. The van der Waals surface area contributed by atoms with Gasteiger partial charge in [0, 0.05) is 12.1 Å². The van der Waals surface area contributed by atoms with Crippen molar-refractivity contribution in [2.24, 2.45) is 4.99 Å². The van der Waals surface area contributed by atoms with E-state index < -0.39 is 0 Å². The lowest BCUT2D eigenvalue weighted by Crippen LogP contribution is -1.93. The molecule has 0 atom stereocenters. The maximum absolute atomic E-state index is 4.60. The molecule has 90 valence electrons. The molecule has 0 fully saturated rings. The molecule has 1 nitrogen and oxygen atoms in total. The fourth-order valence-electron chi connectivity index (χ4n) is 1.43. The standard InChI is InChI=1S/C13H13N.C3H8/c1-11-7-5-6-10-13(11)14-12-8-3-2-4-9-12;1-3-2/h2-8,10H,9H2,1H3;3H2,1-2H3. The van der Waals surface area contributed by atoms with Crippen molar-refractivity contribution in [3.05, 3.63) is 54.1 Å². The van der Waals surface area contributed by atoms with Crippen molar-refractivity contribution in [2.45, 2.75) is 33.6 Å². The summed E-state index contributed by atoms with van der Waals surface area (Å²) in [6.07, 6.45) is 10.5. The van der Waals surface area contributed by atoms with E-state index in [0.717, 1.165) is 17.8 Å². The van der Waals surface area contributed by atoms with Crippen molar-refractivity contribution in [2.75, 3.05) is 0 Å². The smallest absolute Gasteiger partial charge is 0.0662 e. The summed E-state index contributed by atoms with van der Waals surface area (Å²) in [7, 11) is 0. The van der Waals surface area contributed by atoms with Crippen LogP contribution in [0.5, 0.6) is 0 Å². The highest BCUT2D eigenvalue weighted by Crippen LogP contribution is 2.18. The second kappa shape index (κ2) is 7.61. The van der Waals surface area contributed by atoms with Crippen LogP contribution in [0.25, 0.3) is 0 Å². The van der Waals surface area contributed by atoms with Gasteiger partial charge in [0.05, 0.1) is 5.69 Å². The van der Waals surface area contributed by atoms with Crippen LogP contribution in [0.2, 0.25) is 0 Å². The summed E-state index contributed by atoms with van der Waals surface area (Å²) in [5.41, 5.74) is 3.42. The molecule has 1 aliphatic carbocycles. The predicted molar refractivity (Wildman–Crippen MR) is 77.1 cm³/mol. The van der Waals surface area contributed by atoms with Gasteiger partial charge in [-0.25, -0.2) is 0 Å². The van der Waals surface area contributed by atoms with Crippen LogP contribution in [-0.4, -0.2) is 5.71 Å². The molecule has 0 saturated heterocycles. The molecule has 0 amide bonds. The average Bonchev–Trinajstić information content (AvgIpc) is 2.35. The zero-order chi connectivity index (χ0) is 12.5. The first-order chi connectivity index (χ1) is 8.27. The van der Waals surface area contributed by atoms with E-state index in [0.29, 0.717) is 0 Å². The van der Waals surface area contributed by atoms with Crippen LogP contribution in [-0.2, 0) is 0 Å². The average molecular weight is 227 g/mol. The van der Waals surface area contributed by atoms with Gasteiger partial charge in [0.25, 0.3) is 0 Å². The number of hydrogen-bond donors (Lipinski definition) is 0. The first kappa shape index (κ1) is 13.4. The van der Waals surface area contributed by atoms with Gasteiger partial charge in [-0.15, -0.1) is 0 Å². The topological polar surface area (TPSA) is 12.4 Å². The molecule has 0 radical (unpaired) electrons. The van der Waals surface area contributed by atoms with Gasteiger partial charge >= 0.3 is 0 Å². The van der Waals surface area contributed by atoms with Crippen molar-refractivity contribution in [3.63, 3.8) is 0 Å². The van der Waals surface area contributed by atoms with E-state index in [1.165, 1.54) is 12.0 Å². The molecule has 0 bridgehead atoms. The number of rotatable bonds is 1. The Bertz CT molecular complexity index is 425. The highest BCUT2D eigenvalue weighted by atomic mass is 14.7. The Balaban J connectivity index is 0.000000437. The molecule has 0 heterocycles. The normalized spacial score (nSPS) is 15.6. The van der Waals surface area contributed by atoms with Crippen molar-refractivity contribution in [1.29, 1.82) is 0 Å². The molecule has 0 aliphatic heterocycles. The lowest BCUT2D eigenvalue weighted by atomic mass is 10.1. The molecule has 0 unspecified atom stereocenters. The van der Waals surface area contributed by atoms with Gasteiger partial charge in [-0.2, -0.15) is 0 Å². The summed E-state index contributed by atoms with van der Waals surface area (Å²) < 4.78 is 0. The lowest BCUT2D eigenvalue weighted by molar-refractivity contribution is 1.09. The zero-order valence-corrected chi connectivity index (χ0v) is 11.0. The predicted octanol–water partition coefficient (Wildman–Crippen LogP) is 5.00. The molecule has 0 saturated carbocycles. The van der Waals surface area contributed by atoms with Crippen LogP contribution in [0.4, 0.5) is 5.69 Å². The molecule has 0 spiro atoms. The first-order valence-corrected chi connectivity index (χ1v) is 6.24. The van der Waals surface area contributed by atoms with E-state index in [1.54, 1.807) is 0 Å². The third-order valence-corrected chi connectivity index (χ3v) is 2.24. The van der Waals surface area contributed by atoms with Crippen LogP contribution in [0.3, 0.4) is 0 Å². The van der Waals surface area contributed by atoms with Crippen molar-refractivity contribution < 1.29 is 0 Å². The molecule has 1 aromatic rings. The Hall–Kier alpha value is -1.63. The van der Waals surface area contributed by atoms with E-state index >= 15 is 0 Å².